The van der Waals surface area contributed by atoms with Crippen molar-refractivity contribution in [2.24, 2.45) is 0 Å². The Hall–Kier alpha value is -3.90. The lowest BCUT2D eigenvalue weighted by Crippen LogP contribution is -2.76. The number of hydrogen-bond donors (Lipinski definition) is 1. The molecule has 4 rings (SSSR count). The Morgan fingerprint density at radius 2 is 1.73 bits per heavy atom. The quantitative estimate of drug-likeness (QED) is 0.610. The van der Waals surface area contributed by atoms with Crippen LogP contribution in [0.5, 0.6) is 0 Å². The summed E-state index contributed by atoms with van der Waals surface area (Å²) >= 11 is 0. The molecule has 2 aromatic carbocycles. The van der Waals surface area contributed by atoms with Gasteiger partial charge in [-0.25, -0.2) is 14.2 Å². The van der Waals surface area contributed by atoms with Crippen molar-refractivity contribution in [1.29, 1.82) is 0 Å². The van der Waals surface area contributed by atoms with Gasteiger partial charge in [-0.3, -0.25) is 9.59 Å². The van der Waals surface area contributed by atoms with Crippen LogP contribution in [0.4, 0.5) is 9.18 Å². The van der Waals surface area contributed by atoms with Crippen molar-refractivity contribution in [2.45, 2.75) is 45.4 Å². The van der Waals surface area contributed by atoms with E-state index in [0.29, 0.717) is 19.5 Å². The van der Waals surface area contributed by atoms with Gasteiger partial charge in [0.15, 0.2) is 0 Å². The molecule has 37 heavy (non-hydrogen) atoms. The lowest BCUT2D eigenvalue weighted by molar-refractivity contribution is -0.189. The summed E-state index contributed by atoms with van der Waals surface area (Å²) in [6.45, 7) is 5.13. The number of hydrazine groups is 1. The maximum atomic E-state index is 13.2. The van der Waals surface area contributed by atoms with Gasteiger partial charge >= 0.3 is 6.03 Å². The fourth-order valence-electron chi connectivity index (χ4n) is 4.54. The summed E-state index contributed by atoms with van der Waals surface area (Å²) in [7, 11) is 0. The van der Waals surface area contributed by atoms with Crippen LogP contribution in [0.25, 0.3) is 0 Å². The summed E-state index contributed by atoms with van der Waals surface area (Å²) in [4.78, 5) is 42.4. The first-order valence-corrected chi connectivity index (χ1v) is 12.5. The second-order valence-electron chi connectivity index (χ2n) is 8.77. The van der Waals surface area contributed by atoms with Gasteiger partial charge in [0.25, 0.3) is 0 Å². The highest BCUT2D eigenvalue weighted by Gasteiger charge is 2.50. The van der Waals surface area contributed by atoms with Crippen LogP contribution >= 0.6 is 0 Å². The molecule has 0 radical (unpaired) electrons. The maximum absolute atomic E-state index is 13.2. The zero-order valence-corrected chi connectivity index (χ0v) is 21.3. The zero-order chi connectivity index (χ0) is 26.8. The molecule has 9 heteroatoms. The smallest absolute Gasteiger partial charge is 0.334 e. The van der Waals surface area contributed by atoms with Gasteiger partial charge in [-0.1, -0.05) is 67.8 Å². The number of fused-ring (bicyclic) bond motifs is 1. The molecule has 2 heterocycles. The first-order chi connectivity index (χ1) is 17.9. The van der Waals surface area contributed by atoms with E-state index in [1.165, 1.54) is 17.1 Å². The van der Waals surface area contributed by atoms with Crippen molar-refractivity contribution in [3.8, 4) is 12.3 Å². The molecule has 2 aromatic rings. The number of carbonyl (C=O) groups excluding carboxylic acids is 3. The molecule has 2 saturated heterocycles. The van der Waals surface area contributed by atoms with E-state index >= 15 is 0 Å². The summed E-state index contributed by atoms with van der Waals surface area (Å²) < 4.78 is 11.9. The van der Waals surface area contributed by atoms with E-state index in [1.54, 1.807) is 33.0 Å². The molecule has 1 N–H and O–H groups in total. The van der Waals surface area contributed by atoms with Crippen LogP contribution in [0.3, 0.4) is 0 Å². The average Bonchev–Trinajstić information content (AvgIpc) is 2.90. The minimum atomic E-state index is -0.579. The number of amides is 4. The second-order valence-corrected chi connectivity index (χ2v) is 8.77. The minimum Gasteiger partial charge on any atom is -0.337 e. The third kappa shape index (κ3) is 6.86. The number of urea groups is 1. The van der Waals surface area contributed by atoms with Crippen LogP contribution in [0.15, 0.2) is 60.7 Å². The van der Waals surface area contributed by atoms with E-state index < -0.39 is 12.2 Å². The Morgan fingerprint density at radius 3 is 2.27 bits per heavy atom. The molecule has 0 aromatic heterocycles. The van der Waals surface area contributed by atoms with Gasteiger partial charge in [-0.15, -0.1) is 6.42 Å². The monoisotopic (exact) mass is 507 g/mol. The molecule has 196 valence electrons. The molecule has 0 bridgehead atoms. The fourth-order valence-corrected chi connectivity index (χ4v) is 4.54. The number of carbonyl (C=O) groups is 3. The van der Waals surface area contributed by atoms with Crippen molar-refractivity contribution in [3.63, 3.8) is 0 Å². The molecular formula is C28H34FN5O3. The van der Waals surface area contributed by atoms with Crippen molar-refractivity contribution in [1.82, 2.24) is 25.1 Å². The number of hydrogen-bond acceptors (Lipinski definition) is 4. The number of piperazine rings is 1. The summed E-state index contributed by atoms with van der Waals surface area (Å²) in [5.74, 6) is 2.12. The lowest BCUT2D eigenvalue weighted by Gasteiger charge is -2.54. The first-order valence-electron chi connectivity index (χ1n) is 12.5. The predicted octanol–water partition coefficient (Wildman–Crippen LogP) is 3.07. The number of likely N-dealkylation sites (N-methyl/N-ethyl adjacent to an activating group) is 1. The molecule has 0 spiro atoms. The normalized spacial score (nSPS) is 19.5. The molecule has 2 fully saturated rings. The van der Waals surface area contributed by atoms with Crippen molar-refractivity contribution in [2.75, 3.05) is 26.2 Å². The first kappa shape index (κ1) is 27.7. The third-order valence-electron chi connectivity index (χ3n) is 6.28. The molecule has 2 aliphatic rings. The summed E-state index contributed by atoms with van der Waals surface area (Å²) in [6, 6.07) is 16.6. The Labute approximate surface area is 218 Å². The number of nitrogens with one attached hydrogen (secondary N) is 1. The highest BCUT2D eigenvalue weighted by molar-refractivity contribution is 5.91. The van der Waals surface area contributed by atoms with Crippen LogP contribution < -0.4 is 5.32 Å². The molecule has 0 unspecified atom stereocenters. The van der Waals surface area contributed by atoms with Crippen LogP contribution in [0.1, 0.15) is 32.3 Å². The van der Waals surface area contributed by atoms with Gasteiger partial charge in [-0.05, 0) is 31.0 Å². The van der Waals surface area contributed by atoms with Gasteiger partial charge < -0.3 is 15.1 Å². The van der Waals surface area contributed by atoms with E-state index in [2.05, 4.69) is 11.2 Å². The average molecular weight is 508 g/mol. The van der Waals surface area contributed by atoms with Gasteiger partial charge in [-0.2, -0.15) is 5.01 Å². The highest BCUT2D eigenvalue weighted by Crippen LogP contribution is 2.28. The molecule has 0 saturated carbocycles. The standard InChI is InChI=1S/C22H29N5O3.C6H5F/c1-4-10-18-21(29)24(6-3)15-19-26(18)20(28)16-25(13-5-2)27(19)22(30)23-14-17-11-8-7-9-12-17;7-6-4-2-1-3-5-6/h2,7-9,11-12,18-19H,4,6,10,13-16H2,1,3H3,(H,23,30);1-5H/t18-,19-;/m0./s1. The molecule has 4 amide bonds. The molecular weight excluding hydrogens is 473 g/mol. The Morgan fingerprint density at radius 1 is 1.08 bits per heavy atom. The Balaban J connectivity index is 0.000000468. The SMILES string of the molecule is C#CCN1CC(=O)N2[C@@H](CCC)C(=O)N(CC)C[C@@H]2N1C(=O)NCc1ccccc1.Fc1ccccc1. The van der Waals surface area contributed by atoms with Gasteiger partial charge in [0, 0.05) is 13.1 Å². The number of terminal acetylenes is 1. The number of nitrogens with zero attached hydrogens (tertiary/aromatic N) is 4. The van der Waals surface area contributed by atoms with Gasteiger partial charge in [0.2, 0.25) is 11.8 Å². The Kier molecular flexibility index (Phi) is 10.0. The summed E-state index contributed by atoms with van der Waals surface area (Å²) in [5.41, 5.74) is 0.970. The Bertz CT molecular complexity index is 1090. The number of benzene rings is 2. The number of halogens is 1. The summed E-state index contributed by atoms with van der Waals surface area (Å²) in [6.07, 6.45) is 6.26. The molecule has 0 aliphatic carbocycles. The van der Waals surface area contributed by atoms with E-state index in [-0.39, 0.29) is 43.3 Å². The van der Waals surface area contributed by atoms with Crippen LogP contribution in [0.2, 0.25) is 0 Å². The molecule has 2 aliphatic heterocycles. The van der Waals surface area contributed by atoms with Gasteiger partial charge in [0.1, 0.15) is 18.0 Å². The van der Waals surface area contributed by atoms with E-state index in [0.717, 1.165) is 12.0 Å². The van der Waals surface area contributed by atoms with Crippen molar-refractivity contribution >= 4 is 17.8 Å². The van der Waals surface area contributed by atoms with E-state index in [4.69, 9.17) is 6.42 Å². The molecule has 8 nitrogen and oxygen atoms in total. The minimum absolute atomic E-state index is 0.0287. The van der Waals surface area contributed by atoms with E-state index in [1.807, 2.05) is 44.2 Å². The fraction of sp³-hybridized carbons (Fsp3) is 0.393. The van der Waals surface area contributed by atoms with Crippen LogP contribution in [-0.2, 0) is 16.1 Å². The van der Waals surface area contributed by atoms with Crippen molar-refractivity contribution < 1.29 is 18.8 Å². The number of rotatable bonds is 6. The van der Waals surface area contributed by atoms with E-state index in [9.17, 15) is 18.8 Å². The largest absolute Gasteiger partial charge is 0.337 e. The van der Waals surface area contributed by atoms with Crippen molar-refractivity contribution in [3.05, 3.63) is 72.0 Å². The van der Waals surface area contributed by atoms with Crippen LogP contribution in [-0.4, -0.2) is 76.0 Å². The maximum Gasteiger partial charge on any atom is 0.334 e. The second kappa shape index (κ2) is 13.4. The molecule has 2 atom stereocenters. The third-order valence-corrected chi connectivity index (χ3v) is 6.28. The summed E-state index contributed by atoms with van der Waals surface area (Å²) in [5, 5.41) is 6.05. The predicted molar refractivity (Wildman–Crippen MR) is 139 cm³/mol. The van der Waals surface area contributed by atoms with Gasteiger partial charge in [0.05, 0.1) is 19.6 Å². The zero-order valence-electron chi connectivity index (χ0n) is 21.3. The lowest BCUT2D eigenvalue weighted by atomic mass is 10.0. The highest BCUT2D eigenvalue weighted by atomic mass is 19.1. The van der Waals surface area contributed by atoms with Crippen LogP contribution in [0, 0.1) is 18.2 Å². The topological polar surface area (TPSA) is 76.2 Å².